The van der Waals surface area contributed by atoms with E-state index in [-0.39, 0.29) is 27.2 Å². The molecule has 0 radical (unpaired) electrons. The molecule has 0 aromatic heterocycles. The van der Waals surface area contributed by atoms with Gasteiger partial charge in [0.25, 0.3) is 10.0 Å². The molecule has 1 atom stereocenters. The summed E-state index contributed by atoms with van der Waals surface area (Å²) in [6.07, 6.45) is 0. The second kappa shape index (κ2) is 13.0. The van der Waals surface area contributed by atoms with Gasteiger partial charge in [-0.25, -0.2) is 8.42 Å². The molecule has 0 saturated heterocycles. The molecule has 0 aliphatic rings. The summed E-state index contributed by atoms with van der Waals surface area (Å²) in [6.45, 7) is 6.40. The van der Waals surface area contributed by atoms with E-state index in [1.54, 1.807) is 37.3 Å². The fourth-order valence-electron chi connectivity index (χ4n) is 3.79. The molecule has 2 amide bonds. The highest BCUT2D eigenvalue weighted by atomic mass is 35.5. The molecule has 1 N–H and O–H groups in total. The summed E-state index contributed by atoms with van der Waals surface area (Å²) in [4.78, 5) is 28.3. The van der Waals surface area contributed by atoms with Crippen molar-refractivity contribution in [2.45, 2.75) is 50.7 Å². The van der Waals surface area contributed by atoms with Crippen LogP contribution in [0.4, 0.5) is 5.69 Å². The summed E-state index contributed by atoms with van der Waals surface area (Å²) in [6, 6.07) is 15.7. The van der Waals surface area contributed by atoms with Gasteiger partial charge < -0.3 is 10.2 Å². The first-order valence-electron chi connectivity index (χ1n) is 12.2. The predicted molar refractivity (Wildman–Crippen MR) is 162 cm³/mol. The van der Waals surface area contributed by atoms with Crippen LogP contribution in [0.25, 0.3) is 0 Å². The predicted octanol–water partition coefficient (Wildman–Crippen LogP) is 6.83. The van der Waals surface area contributed by atoms with E-state index in [4.69, 9.17) is 46.4 Å². The van der Waals surface area contributed by atoms with E-state index in [9.17, 15) is 18.0 Å². The molecular weight excluding hydrogens is 616 g/mol. The fraction of sp³-hybridized carbons (Fsp3) is 0.286. The summed E-state index contributed by atoms with van der Waals surface area (Å²) >= 11 is 24.4. The molecule has 0 spiro atoms. The van der Waals surface area contributed by atoms with Crippen molar-refractivity contribution in [3.8, 4) is 0 Å². The SMILES string of the molecule is C[C@@H](C(=O)NC(C)(C)C)N(Cc1ccc(Cl)c(Cl)c1)C(=O)CN(c1cccc(Cl)c1)S(=O)(=O)c1ccc(Cl)cc1. The van der Waals surface area contributed by atoms with Gasteiger partial charge in [-0.1, -0.05) is 58.5 Å². The van der Waals surface area contributed by atoms with Crippen LogP contribution in [-0.4, -0.2) is 43.3 Å². The molecule has 0 saturated carbocycles. The van der Waals surface area contributed by atoms with E-state index in [1.807, 2.05) is 20.8 Å². The maximum atomic E-state index is 13.9. The van der Waals surface area contributed by atoms with Gasteiger partial charge in [0.05, 0.1) is 20.6 Å². The van der Waals surface area contributed by atoms with Crippen molar-refractivity contribution in [3.63, 3.8) is 0 Å². The van der Waals surface area contributed by atoms with E-state index < -0.39 is 40.0 Å². The molecule has 12 heteroatoms. The monoisotopic (exact) mass is 643 g/mol. The van der Waals surface area contributed by atoms with Crippen molar-refractivity contribution in [2.75, 3.05) is 10.8 Å². The molecule has 0 fully saturated rings. The number of benzene rings is 3. The summed E-state index contributed by atoms with van der Waals surface area (Å²) in [5.41, 5.74) is 0.221. The second-order valence-corrected chi connectivity index (χ2v) is 13.7. The van der Waals surface area contributed by atoms with Gasteiger partial charge in [0.2, 0.25) is 11.8 Å². The Morgan fingerprint density at radius 3 is 2.10 bits per heavy atom. The Morgan fingerprint density at radius 1 is 0.875 bits per heavy atom. The quantitative estimate of drug-likeness (QED) is 0.277. The molecule has 0 aliphatic heterocycles. The summed E-state index contributed by atoms with van der Waals surface area (Å²) in [5.74, 6) is -1.03. The Bertz CT molecular complexity index is 1490. The average molecular weight is 645 g/mol. The van der Waals surface area contributed by atoms with Gasteiger partial charge in [0, 0.05) is 22.1 Å². The first kappa shape index (κ1) is 32.0. The number of carbonyl (C=O) groups excluding carboxylic acids is 2. The van der Waals surface area contributed by atoms with Crippen LogP contribution in [0, 0.1) is 0 Å². The van der Waals surface area contributed by atoms with Crippen molar-refractivity contribution in [2.24, 2.45) is 0 Å². The lowest BCUT2D eigenvalue weighted by Gasteiger charge is -2.33. The highest BCUT2D eigenvalue weighted by molar-refractivity contribution is 7.92. The Labute approximate surface area is 255 Å². The lowest BCUT2D eigenvalue weighted by molar-refractivity contribution is -0.140. The normalized spacial score (nSPS) is 12.5. The number of hydrogen-bond donors (Lipinski definition) is 1. The molecule has 3 aromatic rings. The van der Waals surface area contributed by atoms with Crippen molar-refractivity contribution < 1.29 is 18.0 Å². The largest absolute Gasteiger partial charge is 0.350 e. The van der Waals surface area contributed by atoms with Crippen molar-refractivity contribution >= 4 is 73.9 Å². The molecule has 7 nitrogen and oxygen atoms in total. The lowest BCUT2D eigenvalue weighted by atomic mass is 10.1. The average Bonchev–Trinajstić information content (AvgIpc) is 2.86. The highest BCUT2D eigenvalue weighted by Gasteiger charge is 2.33. The molecule has 0 heterocycles. The number of hydrogen-bond acceptors (Lipinski definition) is 4. The Morgan fingerprint density at radius 2 is 1.52 bits per heavy atom. The Balaban J connectivity index is 2.05. The third kappa shape index (κ3) is 8.27. The summed E-state index contributed by atoms with van der Waals surface area (Å²) in [5, 5.41) is 4.13. The van der Waals surface area contributed by atoms with Crippen molar-refractivity contribution in [1.29, 1.82) is 0 Å². The summed E-state index contributed by atoms with van der Waals surface area (Å²) < 4.78 is 28.6. The maximum Gasteiger partial charge on any atom is 0.264 e. The lowest BCUT2D eigenvalue weighted by Crippen LogP contribution is -2.54. The zero-order valence-electron chi connectivity index (χ0n) is 22.3. The van der Waals surface area contributed by atoms with Crippen LogP contribution in [0.15, 0.2) is 71.6 Å². The molecule has 0 aliphatic carbocycles. The van der Waals surface area contributed by atoms with Gasteiger partial charge >= 0.3 is 0 Å². The van der Waals surface area contributed by atoms with Gasteiger partial charge in [-0.05, 0) is 87.9 Å². The molecule has 3 rings (SSSR count). The van der Waals surface area contributed by atoms with Crippen LogP contribution in [0.5, 0.6) is 0 Å². The van der Waals surface area contributed by atoms with E-state index in [2.05, 4.69) is 5.32 Å². The van der Waals surface area contributed by atoms with Crippen molar-refractivity contribution in [1.82, 2.24) is 10.2 Å². The third-order valence-corrected chi connectivity index (χ3v) is 8.79. The molecular formula is C28H29Cl4N3O4S. The fourth-order valence-corrected chi connectivity index (χ4v) is 5.82. The number of nitrogens with zero attached hydrogens (tertiary/aromatic N) is 2. The number of halogens is 4. The topological polar surface area (TPSA) is 86.8 Å². The number of nitrogens with one attached hydrogen (secondary N) is 1. The van der Waals surface area contributed by atoms with Gasteiger partial charge in [-0.3, -0.25) is 13.9 Å². The number of carbonyl (C=O) groups is 2. The standard InChI is InChI=1S/C28H29Cl4N3O4S/c1-18(27(37)33-28(2,3)4)34(16-19-8-13-24(31)25(32)14-19)26(36)17-35(22-7-5-6-21(30)15-22)40(38,39)23-11-9-20(29)10-12-23/h5-15,18H,16-17H2,1-4H3,(H,33,37)/t18-/m0/s1. The van der Waals surface area contributed by atoms with Crippen molar-refractivity contribution in [3.05, 3.63) is 92.4 Å². The van der Waals surface area contributed by atoms with Crippen LogP contribution in [0.2, 0.25) is 20.1 Å². The first-order valence-corrected chi connectivity index (χ1v) is 15.1. The smallest absolute Gasteiger partial charge is 0.264 e. The van der Waals surface area contributed by atoms with E-state index in [0.29, 0.717) is 15.6 Å². The number of anilines is 1. The minimum atomic E-state index is -4.25. The molecule has 214 valence electrons. The molecule has 0 bridgehead atoms. The van der Waals surface area contributed by atoms with Crippen LogP contribution in [0.3, 0.4) is 0 Å². The number of rotatable bonds is 9. The van der Waals surface area contributed by atoms with Crippen LogP contribution < -0.4 is 9.62 Å². The molecule has 40 heavy (non-hydrogen) atoms. The number of sulfonamides is 1. The van der Waals surface area contributed by atoms with Gasteiger partial charge in [-0.15, -0.1) is 0 Å². The Kier molecular flexibility index (Phi) is 10.4. The Hall–Kier alpha value is -2.49. The maximum absolute atomic E-state index is 13.9. The van der Waals surface area contributed by atoms with E-state index >= 15 is 0 Å². The van der Waals surface area contributed by atoms with Crippen LogP contribution >= 0.6 is 46.4 Å². The first-order chi connectivity index (χ1) is 18.6. The van der Waals surface area contributed by atoms with E-state index in [1.165, 1.54) is 41.3 Å². The number of amides is 2. The molecule has 3 aromatic carbocycles. The van der Waals surface area contributed by atoms with E-state index in [0.717, 1.165) is 4.31 Å². The highest BCUT2D eigenvalue weighted by Crippen LogP contribution is 2.28. The zero-order valence-corrected chi connectivity index (χ0v) is 26.1. The van der Waals surface area contributed by atoms with Crippen LogP contribution in [0.1, 0.15) is 33.3 Å². The second-order valence-electron chi connectivity index (χ2n) is 10.1. The minimum absolute atomic E-state index is 0.0289. The van der Waals surface area contributed by atoms with Gasteiger partial charge in [-0.2, -0.15) is 0 Å². The molecule has 0 unspecified atom stereocenters. The van der Waals surface area contributed by atoms with Gasteiger partial charge in [0.15, 0.2) is 0 Å². The van der Waals surface area contributed by atoms with Gasteiger partial charge in [0.1, 0.15) is 12.6 Å². The minimum Gasteiger partial charge on any atom is -0.350 e. The third-order valence-electron chi connectivity index (χ3n) is 5.78. The van der Waals surface area contributed by atoms with Crippen LogP contribution in [-0.2, 0) is 26.2 Å². The zero-order chi connectivity index (χ0) is 29.8. The summed E-state index contributed by atoms with van der Waals surface area (Å²) in [7, 11) is -4.25.